The lowest BCUT2D eigenvalue weighted by Crippen LogP contribution is -2.06. The first-order valence-corrected chi connectivity index (χ1v) is 7.62. The highest BCUT2D eigenvalue weighted by atomic mass is 35.5. The van der Waals surface area contributed by atoms with E-state index in [0.29, 0.717) is 22.3 Å². The number of nitrogens with two attached hydrogens (primary N) is 1. The first kappa shape index (κ1) is 15.6. The van der Waals surface area contributed by atoms with Gasteiger partial charge in [-0.25, -0.2) is 4.98 Å². The molecule has 2 aromatic heterocycles. The third-order valence-electron chi connectivity index (χ3n) is 3.18. The molecule has 0 bridgehead atoms. The molecule has 0 amide bonds. The van der Waals surface area contributed by atoms with Crippen LogP contribution in [0.4, 0.5) is 5.69 Å². The predicted molar refractivity (Wildman–Crippen MR) is 92.7 cm³/mol. The number of hydrogen-bond acceptors (Lipinski definition) is 4. The third kappa shape index (κ3) is 3.56. The van der Waals surface area contributed by atoms with Crippen LogP contribution in [0.3, 0.4) is 0 Å². The number of nitrogens with one attached hydrogen (secondary N) is 1. The summed E-state index contributed by atoms with van der Waals surface area (Å²) in [4.78, 5) is 11.8. The van der Waals surface area contributed by atoms with Gasteiger partial charge in [-0.1, -0.05) is 32.4 Å². The Kier molecular flexibility index (Phi) is 3.90. The fourth-order valence-corrected chi connectivity index (χ4v) is 2.41. The van der Waals surface area contributed by atoms with Gasteiger partial charge in [0.25, 0.3) is 0 Å². The normalized spacial score (nSPS) is 11.8. The van der Waals surface area contributed by atoms with Crippen LogP contribution in [-0.2, 0) is 0 Å². The number of hydrogen-bond donors (Lipinski definition) is 2. The quantitative estimate of drug-likeness (QED) is 0.689. The lowest BCUT2D eigenvalue weighted by Gasteiger charge is -2.15. The number of rotatable bonds is 3. The molecule has 23 heavy (non-hydrogen) atoms. The summed E-state index contributed by atoms with van der Waals surface area (Å²) in [6.45, 7) is 6.41. The van der Waals surface area contributed by atoms with Crippen molar-refractivity contribution in [2.75, 3.05) is 5.73 Å². The molecule has 6 heteroatoms. The van der Waals surface area contributed by atoms with E-state index in [1.165, 1.54) is 6.33 Å². The molecule has 1 aromatic carbocycles. The van der Waals surface area contributed by atoms with Gasteiger partial charge in [0.05, 0.1) is 16.2 Å². The number of halogens is 1. The molecule has 3 N–H and O–H groups in total. The first-order chi connectivity index (χ1) is 10.8. The molecule has 0 unspecified atom stereocenters. The SMILES string of the molecule is CC(C)(C)[CH]c1cc2ncnc(Oc3ccc(N)c(Cl)c3)c2[nH]1. The molecule has 0 aliphatic carbocycles. The van der Waals surface area contributed by atoms with Gasteiger partial charge >= 0.3 is 0 Å². The Bertz CT molecular complexity index is 851. The van der Waals surface area contributed by atoms with Crippen molar-refractivity contribution in [2.45, 2.75) is 20.8 Å². The molecule has 119 valence electrons. The monoisotopic (exact) mass is 329 g/mol. The molecule has 1 radical (unpaired) electrons. The van der Waals surface area contributed by atoms with E-state index in [1.807, 2.05) is 6.07 Å². The minimum Gasteiger partial charge on any atom is -0.437 e. The van der Waals surface area contributed by atoms with E-state index in [0.717, 1.165) is 16.7 Å². The molecule has 0 aliphatic heterocycles. The standard InChI is InChI=1S/C17H18ClN4O/c1-17(2,3)8-10-6-14-15(22-10)16(21-9-20-14)23-11-4-5-13(19)12(18)7-11/h4-9,22H,19H2,1-3H3. The van der Waals surface area contributed by atoms with E-state index >= 15 is 0 Å². The van der Waals surface area contributed by atoms with Gasteiger partial charge in [-0.15, -0.1) is 0 Å². The number of nitrogen functional groups attached to an aromatic ring is 1. The summed E-state index contributed by atoms with van der Waals surface area (Å²) < 4.78 is 5.83. The number of aromatic amines is 1. The second-order valence-electron chi connectivity index (χ2n) is 6.46. The number of nitrogens with zero attached hydrogens (tertiary/aromatic N) is 2. The molecular weight excluding hydrogens is 312 g/mol. The molecule has 0 saturated carbocycles. The summed E-state index contributed by atoms with van der Waals surface area (Å²) in [5.74, 6) is 1.02. The molecular formula is C17H18ClN4O. The van der Waals surface area contributed by atoms with E-state index in [9.17, 15) is 0 Å². The van der Waals surface area contributed by atoms with Crippen LogP contribution in [0.25, 0.3) is 11.0 Å². The first-order valence-electron chi connectivity index (χ1n) is 7.24. The third-order valence-corrected chi connectivity index (χ3v) is 3.51. The number of fused-ring (bicyclic) bond motifs is 1. The van der Waals surface area contributed by atoms with E-state index < -0.39 is 0 Å². The Morgan fingerprint density at radius 2 is 2.00 bits per heavy atom. The van der Waals surface area contributed by atoms with Crippen LogP contribution >= 0.6 is 11.6 Å². The molecule has 2 heterocycles. The van der Waals surface area contributed by atoms with Crippen molar-refractivity contribution in [1.29, 1.82) is 0 Å². The van der Waals surface area contributed by atoms with Gasteiger partial charge in [0.15, 0.2) is 0 Å². The zero-order chi connectivity index (χ0) is 16.6. The van der Waals surface area contributed by atoms with E-state index in [-0.39, 0.29) is 5.41 Å². The smallest absolute Gasteiger partial charge is 0.247 e. The number of H-pyrrole nitrogens is 1. The topological polar surface area (TPSA) is 76.8 Å². The number of aromatic nitrogens is 3. The summed E-state index contributed by atoms with van der Waals surface area (Å²) >= 11 is 6.02. The van der Waals surface area contributed by atoms with Gasteiger partial charge in [-0.05, 0) is 23.6 Å². The zero-order valence-corrected chi connectivity index (χ0v) is 14.0. The Hall–Kier alpha value is -2.27. The van der Waals surface area contributed by atoms with Crippen molar-refractivity contribution in [3.05, 3.63) is 47.7 Å². The fourth-order valence-electron chi connectivity index (χ4n) is 2.24. The van der Waals surface area contributed by atoms with Crippen LogP contribution in [0.1, 0.15) is 26.5 Å². The molecule has 3 aromatic rings. The molecule has 0 saturated heterocycles. The van der Waals surface area contributed by atoms with Crippen molar-refractivity contribution in [3.63, 3.8) is 0 Å². The summed E-state index contributed by atoms with van der Waals surface area (Å²) in [7, 11) is 0. The number of ether oxygens (including phenoxy) is 1. The summed E-state index contributed by atoms with van der Waals surface area (Å²) in [6, 6.07) is 7.09. The average Bonchev–Trinajstić information content (AvgIpc) is 2.84. The Labute approximate surface area is 139 Å². The maximum absolute atomic E-state index is 6.02. The van der Waals surface area contributed by atoms with Crippen LogP contribution in [0.5, 0.6) is 11.6 Å². The maximum Gasteiger partial charge on any atom is 0.247 e. The highest BCUT2D eigenvalue weighted by Gasteiger charge is 2.16. The van der Waals surface area contributed by atoms with Crippen molar-refractivity contribution in [1.82, 2.24) is 15.0 Å². The number of anilines is 1. The Morgan fingerprint density at radius 3 is 2.70 bits per heavy atom. The van der Waals surface area contributed by atoms with Crippen molar-refractivity contribution in [2.24, 2.45) is 5.41 Å². The van der Waals surface area contributed by atoms with Gasteiger partial charge in [0.1, 0.15) is 17.6 Å². The molecule has 0 spiro atoms. The second kappa shape index (κ2) is 5.74. The maximum atomic E-state index is 6.02. The number of benzene rings is 1. The van der Waals surface area contributed by atoms with Crippen molar-refractivity contribution < 1.29 is 4.74 Å². The van der Waals surface area contributed by atoms with Gasteiger partial charge in [0, 0.05) is 18.2 Å². The van der Waals surface area contributed by atoms with E-state index in [1.54, 1.807) is 18.2 Å². The van der Waals surface area contributed by atoms with E-state index in [4.69, 9.17) is 22.1 Å². The van der Waals surface area contributed by atoms with Gasteiger partial charge < -0.3 is 15.5 Å². The lowest BCUT2D eigenvalue weighted by molar-refractivity contribution is 0.467. The highest BCUT2D eigenvalue weighted by molar-refractivity contribution is 6.33. The molecule has 3 rings (SSSR count). The summed E-state index contributed by atoms with van der Waals surface area (Å²) in [5.41, 5.74) is 8.80. The van der Waals surface area contributed by atoms with Crippen LogP contribution in [0.15, 0.2) is 30.6 Å². The summed E-state index contributed by atoms with van der Waals surface area (Å²) in [6.07, 6.45) is 3.61. The average molecular weight is 330 g/mol. The highest BCUT2D eigenvalue weighted by Crippen LogP contribution is 2.31. The van der Waals surface area contributed by atoms with Crippen molar-refractivity contribution in [3.8, 4) is 11.6 Å². The molecule has 0 atom stereocenters. The van der Waals surface area contributed by atoms with Crippen LogP contribution < -0.4 is 10.5 Å². The van der Waals surface area contributed by atoms with Gasteiger partial charge in [-0.2, -0.15) is 4.98 Å². The Morgan fingerprint density at radius 1 is 1.22 bits per heavy atom. The van der Waals surface area contributed by atoms with Crippen LogP contribution in [0, 0.1) is 11.8 Å². The molecule has 0 fully saturated rings. The van der Waals surface area contributed by atoms with Crippen LogP contribution in [0.2, 0.25) is 5.02 Å². The summed E-state index contributed by atoms with van der Waals surface area (Å²) in [5, 5.41) is 0.445. The Balaban J connectivity index is 1.95. The minimum atomic E-state index is 0.0554. The zero-order valence-electron chi connectivity index (χ0n) is 13.2. The van der Waals surface area contributed by atoms with Crippen molar-refractivity contribution >= 4 is 28.3 Å². The molecule has 0 aliphatic rings. The second-order valence-corrected chi connectivity index (χ2v) is 6.87. The van der Waals surface area contributed by atoms with E-state index in [2.05, 4.69) is 42.1 Å². The fraction of sp³-hybridized carbons (Fsp3) is 0.235. The van der Waals surface area contributed by atoms with Gasteiger partial charge in [-0.3, -0.25) is 0 Å². The minimum absolute atomic E-state index is 0.0554. The molecule has 5 nitrogen and oxygen atoms in total. The van der Waals surface area contributed by atoms with Crippen LogP contribution in [-0.4, -0.2) is 15.0 Å². The predicted octanol–water partition coefficient (Wildman–Crippen LogP) is 4.58. The van der Waals surface area contributed by atoms with Gasteiger partial charge in [0.2, 0.25) is 5.88 Å². The largest absolute Gasteiger partial charge is 0.437 e. The lowest BCUT2D eigenvalue weighted by atomic mass is 9.91.